The standard InChI is InChI=1S/C16H23NO3S/c1-10(2)16(3,15(19)20)8-14(18)17-9-12-7-11-5-4-6-13(11)21-12/h7,10H,4-6,8-9H2,1-3H3,(H,17,18)(H,19,20). The highest BCUT2D eigenvalue weighted by Gasteiger charge is 2.38. The van der Waals surface area contributed by atoms with E-state index in [1.165, 1.54) is 16.9 Å². The minimum atomic E-state index is -1.01. The number of nitrogens with one attached hydrogen (secondary N) is 1. The molecule has 0 spiro atoms. The van der Waals surface area contributed by atoms with Gasteiger partial charge in [-0.25, -0.2) is 0 Å². The molecule has 1 aromatic heterocycles. The first kappa shape index (κ1) is 16.0. The number of hydrogen-bond acceptors (Lipinski definition) is 3. The van der Waals surface area contributed by atoms with Gasteiger partial charge in [0.05, 0.1) is 12.0 Å². The Labute approximate surface area is 129 Å². The molecule has 21 heavy (non-hydrogen) atoms. The molecule has 2 rings (SSSR count). The van der Waals surface area contributed by atoms with Crippen LogP contribution in [-0.4, -0.2) is 17.0 Å². The van der Waals surface area contributed by atoms with E-state index in [4.69, 9.17) is 0 Å². The summed E-state index contributed by atoms with van der Waals surface area (Å²) in [5.41, 5.74) is 0.406. The van der Waals surface area contributed by atoms with Gasteiger partial charge in [-0.2, -0.15) is 0 Å². The number of hydrogen-bond donors (Lipinski definition) is 2. The number of carbonyl (C=O) groups excluding carboxylic acids is 1. The van der Waals surface area contributed by atoms with E-state index in [1.54, 1.807) is 18.3 Å². The summed E-state index contributed by atoms with van der Waals surface area (Å²) >= 11 is 1.76. The molecule has 1 aromatic rings. The number of fused-ring (bicyclic) bond motifs is 1. The first-order valence-corrected chi connectivity index (χ1v) is 8.25. The van der Waals surface area contributed by atoms with E-state index < -0.39 is 11.4 Å². The molecular weight excluding hydrogens is 286 g/mol. The molecule has 0 aliphatic heterocycles. The SMILES string of the molecule is CC(C)C(C)(CC(=O)NCc1cc2c(s1)CCC2)C(=O)O. The fourth-order valence-electron chi connectivity index (χ4n) is 2.59. The molecule has 0 fully saturated rings. The van der Waals surface area contributed by atoms with Crippen molar-refractivity contribution >= 4 is 23.2 Å². The van der Waals surface area contributed by atoms with Crippen LogP contribution in [0.5, 0.6) is 0 Å². The molecule has 0 aromatic carbocycles. The van der Waals surface area contributed by atoms with E-state index in [0.717, 1.165) is 17.7 Å². The zero-order valence-corrected chi connectivity index (χ0v) is 13.7. The highest BCUT2D eigenvalue weighted by Crippen LogP contribution is 2.32. The Bertz CT molecular complexity index is 528. The lowest BCUT2D eigenvalue weighted by molar-refractivity contribution is -0.153. The van der Waals surface area contributed by atoms with Gasteiger partial charge in [-0.3, -0.25) is 9.59 Å². The molecule has 116 valence electrons. The van der Waals surface area contributed by atoms with Gasteiger partial charge < -0.3 is 10.4 Å². The summed E-state index contributed by atoms with van der Waals surface area (Å²) in [7, 11) is 0. The fourth-order valence-corrected chi connectivity index (χ4v) is 3.79. The summed E-state index contributed by atoms with van der Waals surface area (Å²) in [5.74, 6) is -1.20. The molecule has 5 heteroatoms. The van der Waals surface area contributed by atoms with Crippen LogP contribution < -0.4 is 5.32 Å². The number of aliphatic carboxylic acids is 1. The predicted octanol–water partition coefficient (Wildman–Crippen LogP) is 2.99. The Hall–Kier alpha value is -1.36. The third kappa shape index (κ3) is 3.46. The number of thiophene rings is 1. The molecule has 0 bridgehead atoms. The molecule has 1 aliphatic carbocycles. The Morgan fingerprint density at radius 1 is 1.43 bits per heavy atom. The maximum Gasteiger partial charge on any atom is 0.310 e. The molecule has 1 aliphatic rings. The van der Waals surface area contributed by atoms with Crippen molar-refractivity contribution in [2.24, 2.45) is 11.3 Å². The summed E-state index contributed by atoms with van der Waals surface area (Å²) in [6.45, 7) is 5.82. The van der Waals surface area contributed by atoms with Gasteiger partial charge >= 0.3 is 5.97 Å². The fraction of sp³-hybridized carbons (Fsp3) is 0.625. The van der Waals surface area contributed by atoms with Crippen LogP contribution in [0.2, 0.25) is 0 Å². The van der Waals surface area contributed by atoms with Crippen LogP contribution in [0.4, 0.5) is 0 Å². The van der Waals surface area contributed by atoms with Gasteiger partial charge in [-0.1, -0.05) is 13.8 Å². The smallest absolute Gasteiger partial charge is 0.310 e. The van der Waals surface area contributed by atoms with Crippen LogP contribution in [0, 0.1) is 11.3 Å². The summed E-state index contributed by atoms with van der Waals surface area (Å²) < 4.78 is 0. The normalized spacial score (nSPS) is 16.6. The topological polar surface area (TPSA) is 66.4 Å². The Kier molecular flexibility index (Phi) is 4.71. The summed E-state index contributed by atoms with van der Waals surface area (Å²) in [6, 6.07) is 2.17. The van der Waals surface area contributed by atoms with E-state index in [-0.39, 0.29) is 18.2 Å². The molecule has 0 saturated carbocycles. The average Bonchev–Trinajstić information content (AvgIpc) is 2.96. The second kappa shape index (κ2) is 6.18. The van der Waals surface area contributed by atoms with Crippen molar-refractivity contribution in [3.63, 3.8) is 0 Å². The Balaban J connectivity index is 1.90. The third-order valence-corrected chi connectivity index (χ3v) is 5.79. The molecule has 0 radical (unpaired) electrons. The van der Waals surface area contributed by atoms with Gasteiger partial charge in [0, 0.05) is 16.2 Å². The van der Waals surface area contributed by atoms with Crippen LogP contribution in [0.3, 0.4) is 0 Å². The van der Waals surface area contributed by atoms with Crippen LogP contribution in [-0.2, 0) is 29.0 Å². The van der Waals surface area contributed by atoms with E-state index in [0.29, 0.717) is 6.54 Å². The quantitative estimate of drug-likeness (QED) is 0.849. The highest BCUT2D eigenvalue weighted by molar-refractivity contribution is 7.12. The number of amides is 1. The van der Waals surface area contributed by atoms with Crippen molar-refractivity contribution in [2.75, 3.05) is 0 Å². The first-order valence-electron chi connectivity index (χ1n) is 7.43. The average molecular weight is 309 g/mol. The van der Waals surface area contributed by atoms with Gasteiger partial charge in [0.25, 0.3) is 0 Å². The van der Waals surface area contributed by atoms with Crippen LogP contribution in [0.25, 0.3) is 0 Å². The van der Waals surface area contributed by atoms with Gasteiger partial charge in [0.2, 0.25) is 5.91 Å². The molecule has 1 heterocycles. The van der Waals surface area contributed by atoms with Crippen molar-refractivity contribution in [3.05, 3.63) is 21.4 Å². The zero-order valence-electron chi connectivity index (χ0n) is 12.9. The first-order chi connectivity index (χ1) is 9.83. The van der Waals surface area contributed by atoms with Crippen molar-refractivity contribution in [3.8, 4) is 0 Å². The molecule has 1 unspecified atom stereocenters. The number of rotatable bonds is 6. The largest absolute Gasteiger partial charge is 0.481 e. The number of carbonyl (C=O) groups is 2. The van der Waals surface area contributed by atoms with Crippen molar-refractivity contribution < 1.29 is 14.7 Å². The summed E-state index contributed by atoms with van der Waals surface area (Å²) in [6.07, 6.45) is 3.55. The van der Waals surface area contributed by atoms with Crippen molar-refractivity contribution in [1.29, 1.82) is 0 Å². The second-order valence-electron chi connectivity index (χ2n) is 6.35. The van der Waals surface area contributed by atoms with E-state index in [2.05, 4.69) is 11.4 Å². The van der Waals surface area contributed by atoms with Gasteiger partial charge in [-0.05, 0) is 43.7 Å². The highest BCUT2D eigenvalue weighted by atomic mass is 32.1. The lowest BCUT2D eigenvalue weighted by Crippen LogP contribution is -2.38. The molecule has 1 amide bonds. The predicted molar refractivity (Wildman–Crippen MR) is 83.4 cm³/mol. The Morgan fingerprint density at radius 3 is 2.71 bits per heavy atom. The van der Waals surface area contributed by atoms with Gasteiger partial charge in [0.1, 0.15) is 0 Å². The van der Waals surface area contributed by atoms with Crippen molar-refractivity contribution in [1.82, 2.24) is 5.32 Å². The van der Waals surface area contributed by atoms with Crippen LogP contribution in [0.1, 0.15) is 48.9 Å². The van der Waals surface area contributed by atoms with Crippen LogP contribution in [0.15, 0.2) is 6.07 Å². The summed E-state index contributed by atoms with van der Waals surface area (Å²) in [5, 5.41) is 12.2. The third-order valence-electron chi connectivity index (χ3n) is 4.55. The van der Waals surface area contributed by atoms with Crippen molar-refractivity contribution in [2.45, 2.75) is 53.0 Å². The molecule has 1 atom stereocenters. The second-order valence-corrected chi connectivity index (χ2v) is 7.57. The summed E-state index contributed by atoms with van der Waals surface area (Å²) in [4.78, 5) is 26.0. The Morgan fingerprint density at radius 2 is 2.14 bits per heavy atom. The molecule has 2 N–H and O–H groups in total. The molecule has 0 saturated heterocycles. The maximum atomic E-state index is 12.0. The number of carboxylic acid groups (broad SMARTS) is 1. The lowest BCUT2D eigenvalue weighted by Gasteiger charge is -2.28. The maximum absolute atomic E-state index is 12.0. The van der Waals surface area contributed by atoms with E-state index >= 15 is 0 Å². The number of aryl methyl sites for hydroxylation is 2. The molecule has 4 nitrogen and oxygen atoms in total. The van der Waals surface area contributed by atoms with Gasteiger partial charge in [-0.15, -0.1) is 11.3 Å². The number of carboxylic acids is 1. The zero-order chi connectivity index (χ0) is 15.6. The van der Waals surface area contributed by atoms with Gasteiger partial charge in [0.15, 0.2) is 0 Å². The van der Waals surface area contributed by atoms with E-state index in [1.807, 2.05) is 13.8 Å². The minimum Gasteiger partial charge on any atom is -0.481 e. The molecular formula is C16H23NO3S. The monoisotopic (exact) mass is 309 g/mol. The lowest BCUT2D eigenvalue weighted by atomic mass is 9.76. The van der Waals surface area contributed by atoms with Crippen LogP contribution >= 0.6 is 11.3 Å². The van der Waals surface area contributed by atoms with E-state index in [9.17, 15) is 14.7 Å². The minimum absolute atomic E-state index is 0.0189.